The third-order valence-corrected chi connectivity index (χ3v) is 5.60. The van der Waals surface area contributed by atoms with Crippen LogP contribution in [0, 0.1) is 5.92 Å². The first-order valence-electron chi connectivity index (χ1n) is 10.0. The number of nitrogens with zero attached hydrogens (tertiary/aromatic N) is 4. The highest BCUT2D eigenvalue weighted by atomic mass is 16.5. The summed E-state index contributed by atoms with van der Waals surface area (Å²) in [5.74, 6) is 1.64. The van der Waals surface area contributed by atoms with E-state index in [-0.39, 0.29) is 5.91 Å². The number of hydrogen-bond acceptors (Lipinski definition) is 4. The predicted octanol–water partition coefficient (Wildman–Crippen LogP) is 3.43. The molecule has 0 radical (unpaired) electrons. The molecule has 29 heavy (non-hydrogen) atoms. The van der Waals surface area contributed by atoms with Gasteiger partial charge in [0.15, 0.2) is 0 Å². The molecule has 1 aliphatic rings. The van der Waals surface area contributed by atoms with Crippen LogP contribution in [-0.2, 0) is 13.0 Å². The zero-order valence-electron chi connectivity index (χ0n) is 16.7. The maximum absolute atomic E-state index is 12.8. The second-order valence-electron chi connectivity index (χ2n) is 7.58. The largest absolute Gasteiger partial charge is 0.497 e. The molecule has 0 atom stereocenters. The van der Waals surface area contributed by atoms with Crippen LogP contribution in [0.2, 0.25) is 0 Å². The fourth-order valence-electron chi connectivity index (χ4n) is 3.87. The molecule has 2 heterocycles. The van der Waals surface area contributed by atoms with Gasteiger partial charge in [-0.05, 0) is 60.6 Å². The lowest BCUT2D eigenvalue weighted by atomic mass is 9.90. The lowest BCUT2D eigenvalue weighted by molar-refractivity contribution is 0.0690. The summed E-state index contributed by atoms with van der Waals surface area (Å²) in [6, 6.07) is 16.1. The van der Waals surface area contributed by atoms with Gasteiger partial charge in [-0.1, -0.05) is 24.3 Å². The highest BCUT2D eigenvalue weighted by molar-refractivity contribution is 5.94. The zero-order valence-corrected chi connectivity index (χ0v) is 16.7. The maximum atomic E-state index is 12.8. The molecule has 0 bridgehead atoms. The molecule has 1 fully saturated rings. The first-order chi connectivity index (χ1) is 14.2. The van der Waals surface area contributed by atoms with Crippen LogP contribution in [0.5, 0.6) is 5.75 Å². The molecule has 1 saturated heterocycles. The Balaban J connectivity index is 1.29. The number of carbonyl (C=O) groups is 1. The Labute approximate surface area is 171 Å². The van der Waals surface area contributed by atoms with Gasteiger partial charge in [-0.3, -0.25) is 4.79 Å². The van der Waals surface area contributed by atoms with Crippen LogP contribution in [0.1, 0.15) is 34.3 Å². The molecule has 1 aliphatic heterocycles. The van der Waals surface area contributed by atoms with Crippen LogP contribution in [0.15, 0.2) is 61.2 Å². The number of methoxy groups -OCH3 is 1. The molecule has 1 amide bonds. The van der Waals surface area contributed by atoms with Crippen molar-refractivity contribution in [2.24, 2.45) is 5.92 Å². The Morgan fingerprint density at radius 2 is 1.72 bits per heavy atom. The monoisotopic (exact) mass is 390 g/mol. The van der Waals surface area contributed by atoms with E-state index in [0.717, 1.165) is 49.2 Å². The average Bonchev–Trinajstić information content (AvgIpc) is 3.28. The average molecular weight is 390 g/mol. The van der Waals surface area contributed by atoms with Crippen molar-refractivity contribution in [2.45, 2.75) is 25.8 Å². The number of amides is 1. The molecule has 0 saturated carbocycles. The summed E-state index contributed by atoms with van der Waals surface area (Å²) in [5, 5.41) is 4.11. The number of hydrogen-bond donors (Lipinski definition) is 0. The molecule has 2 aromatic carbocycles. The van der Waals surface area contributed by atoms with Crippen LogP contribution < -0.4 is 4.74 Å². The summed E-state index contributed by atoms with van der Waals surface area (Å²) in [4.78, 5) is 18.8. The van der Waals surface area contributed by atoms with Crippen molar-refractivity contribution in [1.82, 2.24) is 19.7 Å². The Morgan fingerprint density at radius 1 is 1.03 bits per heavy atom. The molecule has 4 rings (SSSR count). The van der Waals surface area contributed by atoms with Crippen LogP contribution in [0.3, 0.4) is 0 Å². The fourth-order valence-corrected chi connectivity index (χ4v) is 3.87. The Kier molecular flexibility index (Phi) is 5.89. The van der Waals surface area contributed by atoms with E-state index in [2.05, 4.69) is 22.2 Å². The standard InChI is InChI=1S/C23H26N4O2/c1-29-22-8-4-18(5-9-22)14-19-10-12-26(13-11-19)23(28)21-6-2-20(3-7-21)15-27-17-24-16-25-27/h2-9,16-17,19H,10-15H2,1H3. The van der Waals surface area contributed by atoms with Crippen molar-refractivity contribution in [3.05, 3.63) is 77.9 Å². The molecule has 6 nitrogen and oxygen atoms in total. The number of ether oxygens (including phenoxy) is 1. The van der Waals surface area contributed by atoms with Crippen molar-refractivity contribution in [1.29, 1.82) is 0 Å². The molecule has 3 aromatic rings. The summed E-state index contributed by atoms with van der Waals surface area (Å²) in [6.45, 7) is 2.30. The van der Waals surface area contributed by atoms with Gasteiger partial charge in [0.05, 0.1) is 13.7 Å². The maximum Gasteiger partial charge on any atom is 0.253 e. The first-order valence-corrected chi connectivity index (χ1v) is 10.0. The summed E-state index contributed by atoms with van der Waals surface area (Å²) < 4.78 is 6.99. The summed E-state index contributed by atoms with van der Waals surface area (Å²) >= 11 is 0. The van der Waals surface area contributed by atoms with E-state index in [1.54, 1.807) is 18.1 Å². The minimum atomic E-state index is 0.125. The highest BCUT2D eigenvalue weighted by Gasteiger charge is 2.23. The lowest BCUT2D eigenvalue weighted by Gasteiger charge is -2.32. The first kappa shape index (κ1) is 19.2. The molecule has 0 spiro atoms. The predicted molar refractivity (Wildman–Crippen MR) is 111 cm³/mol. The molecule has 0 aliphatic carbocycles. The zero-order chi connectivity index (χ0) is 20.1. The van der Waals surface area contributed by atoms with E-state index in [0.29, 0.717) is 12.5 Å². The minimum Gasteiger partial charge on any atom is -0.497 e. The lowest BCUT2D eigenvalue weighted by Crippen LogP contribution is -2.38. The topological polar surface area (TPSA) is 60.2 Å². The van der Waals surface area contributed by atoms with E-state index in [9.17, 15) is 4.79 Å². The smallest absolute Gasteiger partial charge is 0.253 e. The molecular weight excluding hydrogens is 364 g/mol. The summed E-state index contributed by atoms with van der Waals surface area (Å²) in [7, 11) is 1.69. The number of aromatic nitrogens is 3. The van der Waals surface area contributed by atoms with E-state index in [4.69, 9.17) is 4.74 Å². The Hall–Kier alpha value is -3.15. The van der Waals surface area contributed by atoms with Crippen molar-refractivity contribution in [3.8, 4) is 5.75 Å². The second-order valence-corrected chi connectivity index (χ2v) is 7.58. The number of carbonyl (C=O) groups excluding carboxylic acids is 1. The van der Waals surface area contributed by atoms with E-state index in [1.165, 1.54) is 11.9 Å². The molecule has 6 heteroatoms. The van der Waals surface area contributed by atoms with Gasteiger partial charge in [-0.2, -0.15) is 5.10 Å². The third-order valence-electron chi connectivity index (χ3n) is 5.60. The number of piperidine rings is 1. The van der Waals surface area contributed by atoms with E-state index in [1.807, 2.05) is 41.3 Å². The number of rotatable bonds is 6. The fraction of sp³-hybridized carbons (Fsp3) is 0.348. The van der Waals surface area contributed by atoms with Crippen LogP contribution in [-0.4, -0.2) is 45.8 Å². The normalized spacial score (nSPS) is 14.7. The molecule has 0 N–H and O–H groups in total. The minimum absolute atomic E-state index is 0.125. The van der Waals surface area contributed by atoms with Crippen LogP contribution in [0.4, 0.5) is 0 Å². The van der Waals surface area contributed by atoms with Gasteiger partial charge in [0.1, 0.15) is 18.4 Å². The molecule has 150 valence electrons. The number of likely N-dealkylation sites (tertiary alicyclic amines) is 1. The van der Waals surface area contributed by atoms with Crippen LogP contribution >= 0.6 is 0 Å². The van der Waals surface area contributed by atoms with Gasteiger partial charge >= 0.3 is 0 Å². The molecule has 0 unspecified atom stereocenters. The van der Waals surface area contributed by atoms with Crippen LogP contribution in [0.25, 0.3) is 0 Å². The van der Waals surface area contributed by atoms with Gasteiger partial charge in [0.2, 0.25) is 0 Å². The van der Waals surface area contributed by atoms with E-state index >= 15 is 0 Å². The van der Waals surface area contributed by atoms with Gasteiger partial charge < -0.3 is 9.64 Å². The van der Waals surface area contributed by atoms with Gasteiger partial charge in [0.25, 0.3) is 5.91 Å². The van der Waals surface area contributed by atoms with Crippen molar-refractivity contribution in [3.63, 3.8) is 0 Å². The Bertz CT molecular complexity index is 913. The van der Waals surface area contributed by atoms with E-state index < -0.39 is 0 Å². The van der Waals surface area contributed by atoms with Gasteiger partial charge in [0, 0.05) is 18.7 Å². The van der Waals surface area contributed by atoms with Crippen molar-refractivity contribution in [2.75, 3.05) is 20.2 Å². The SMILES string of the molecule is COc1ccc(CC2CCN(C(=O)c3ccc(Cn4cncn4)cc3)CC2)cc1. The highest BCUT2D eigenvalue weighted by Crippen LogP contribution is 2.24. The second kappa shape index (κ2) is 8.90. The quantitative estimate of drug-likeness (QED) is 0.647. The van der Waals surface area contributed by atoms with Gasteiger partial charge in [-0.15, -0.1) is 0 Å². The van der Waals surface area contributed by atoms with Crippen molar-refractivity contribution >= 4 is 5.91 Å². The Morgan fingerprint density at radius 3 is 2.34 bits per heavy atom. The molecular formula is C23H26N4O2. The summed E-state index contributed by atoms with van der Waals surface area (Å²) in [6.07, 6.45) is 6.36. The van der Waals surface area contributed by atoms with Crippen molar-refractivity contribution < 1.29 is 9.53 Å². The molecule has 1 aromatic heterocycles. The third kappa shape index (κ3) is 4.83. The number of benzene rings is 2. The van der Waals surface area contributed by atoms with Gasteiger partial charge in [-0.25, -0.2) is 9.67 Å². The summed E-state index contributed by atoms with van der Waals surface area (Å²) in [5.41, 5.74) is 3.18.